The first-order valence-corrected chi connectivity index (χ1v) is 12.9. The van der Waals surface area contributed by atoms with E-state index in [9.17, 15) is 19.2 Å². The lowest BCUT2D eigenvalue weighted by atomic mass is 9.86. The Labute approximate surface area is 229 Å². The Bertz CT molecular complexity index is 963. The van der Waals surface area contributed by atoms with Crippen molar-refractivity contribution in [3.63, 3.8) is 0 Å². The zero-order valence-corrected chi connectivity index (χ0v) is 23.8. The average molecular weight is 556 g/mol. The summed E-state index contributed by atoms with van der Waals surface area (Å²) in [7, 11) is 1.19. The maximum absolute atomic E-state index is 12.7. The van der Waals surface area contributed by atoms with E-state index in [-0.39, 0.29) is 30.9 Å². The summed E-state index contributed by atoms with van der Waals surface area (Å²) >= 11 is 0. The lowest BCUT2D eigenvalue weighted by Crippen LogP contribution is -2.53. The molecule has 0 amide bonds. The quantitative estimate of drug-likeness (QED) is 0.141. The van der Waals surface area contributed by atoms with E-state index in [1.165, 1.54) is 25.3 Å². The molecule has 0 aliphatic rings. The van der Waals surface area contributed by atoms with Crippen LogP contribution in [-0.4, -0.2) is 62.0 Å². The van der Waals surface area contributed by atoms with Gasteiger partial charge >= 0.3 is 24.4 Å². The van der Waals surface area contributed by atoms with Crippen molar-refractivity contribution in [3.05, 3.63) is 23.8 Å². The predicted octanol–water partition coefficient (Wildman–Crippen LogP) is 5.07. The third-order valence-corrected chi connectivity index (χ3v) is 5.09. The molecule has 12 nitrogen and oxygen atoms in total. The fraction of sp³-hybridized carbons (Fsp3) is 0.630. The molecule has 0 fully saturated rings. The Morgan fingerprint density at radius 2 is 1.44 bits per heavy atom. The molecule has 0 aliphatic heterocycles. The molecule has 2 N–H and O–H groups in total. The highest BCUT2D eigenvalue weighted by molar-refractivity contribution is 5.81. The van der Waals surface area contributed by atoms with Crippen LogP contribution in [0.5, 0.6) is 11.5 Å². The Morgan fingerprint density at radius 1 is 0.846 bits per heavy atom. The Hall–Kier alpha value is -3.54. The largest absolute Gasteiger partial charge is 0.514 e. The monoisotopic (exact) mass is 555 g/mol. The molecule has 12 heteroatoms. The van der Waals surface area contributed by atoms with Gasteiger partial charge in [0, 0.05) is 12.8 Å². The summed E-state index contributed by atoms with van der Waals surface area (Å²) in [6.07, 6.45) is -2.20. The lowest BCUT2D eigenvalue weighted by molar-refractivity contribution is -0.148. The van der Waals surface area contributed by atoms with Gasteiger partial charge in [0.25, 0.3) is 0 Å². The van der Waals surface area contributed by atoms with Gasteiger partial charge in [0.2, 0.25) is 0 Å². The standard InChI is InChI=1S/C27H41NO11/c1-8-9-10-13-34-24(30)37-19(6)15-27(28,23(29)33-7)16-20-11-12-21(38-25(31)35-17(2)3)22(14-20)39-26(32)36-18(4)5/h11-12,14,17-19H,8-10,13,15-16,28H2,1-7H3/t19-,27?/m0/s1. The Balaban J connectivity index is 3.13. The number of rotatable bonds is 14. The fourth-order valence-corrected chi connectivity index (χ4v) is 3.49. The van der Waals surface area contributed by atoms with Crippen LogP contribution >= 0.6 is 0 Å². The fourth-order valence-electron chi connectivity index (χ4n) is 3.49. The minimum absolute atomic E-state index is 0.103. The molecule has 220 valence electrons. The van der Waals surface area contributed by atoms with E-state index in [2.05, 4.69) is 0 Å². The molecule has 1 unspecified atom stereocenters. The summed E-state index contributed by atoms with van der Waals surface area (Å²) in [5.74, 6) is -1.03. The molecular weight excluding hydrogens is 514 g/mol. The summed E-state index contributed by atoms with van der Waals surface area (Å²) in [5.41, 5.74) is 5.24. The van der Waals surface area contributed by atoms with Gasteiger partial charge in [0.15, 0.2) is 11.5 Å². The molecular formula is C27H41NO11. The molecule has 0 aliphatic carbocycles. The van der Waals surface area contributed by atoms with Gasteiger partial charge in [-0.3, -0.25) is 4.79 Å². The number of ether oxygens (including phenoxy) is 7. The number of nitrogens with two attached hydrogens (primary N) is 1. The summed E-state index contributed by atoms with van der Waals surface area (Å²) in [5, 5.41) is 0. The minimum Gasteiger partial charge on any atom is -0.468 e. The van der Waals surface area contributed by atoms with Crippen LogP contribution in [0.4, 0.5) is 14.4 Å². The van der Waals surface area contributed by atoms with E-state index < -0.39 is 48.3 Å². The number of hydrogen-bond donors (Lipinski definition) is 1. The van der Waals surface area contributed by atoms with E-state index in [1.807, 2.05) is 6.92 Å². The van der Waals surface area contributed by atoms with Crippen molar-refractivity contribution in [2.75, 3.05) is 13.7 Å². The maximum Gasteiger partial charge on any atom is 0.514 e. The topological polar surface area (TPSA) is 159 Å². The highest BCUT2D eigenvalue weighted by atomic mass is 16.8. The lowest BCUT2D eigenvalue weighted by Gasteiger charge is -2.29. The van der Waals surface area contributed by atoms with Crippen LogP contribution < -0.4 is 15.2 Å². The minimum atomic E-state index is -1.63. The molecule has 0 saturated carbocycles. The number of benzene rings is 1. The second-order valence-corrected chi connectivity index (χ2v) is 9.58. The molecule has 1 aromatic carbocycles. The van der Waals surface area contributed by atoms with Crippen LogP contribution in [0.3, 0.4) is 0 Å². The van der Waals surface area contributed by atoms with Crippen molar-refractivity contribution in [1.82, 2.24) is 0 Å². The van der Waals surface area contributed by atoms with Crippen LogP contribution in [-0.2, 0) is 34.9 Å². The normalized spacial score (nSPS) is 13.2. The Morgan fingerprint density at radius 3 is 1.97 bits per heavy atom. The summed E-state index contributed by atoms with van der Waals surface area (Å²) < 4.78 is 35.7. The zero-order valence-electron chi connectivity index (χ0n) is 23.8. The first-order chi connectivity index (χ1) is 18.3. The molecule has 0 saturated heterocycles. The number of hydrogen-bond acceptors (Lipinski definition) is 12. The van der Waals surface area contributed by atoms with Crippen molar-refractivity contribution in [2.24, 2.45) is 5.73 Å². The van der Waals surface area contributed by atoms with Gasteiger partial charge in [-0.15, -0.1) is 0 Å². The van der Waals surface area contributed by atoms with Crippen molar-refractivity contribution < 1.29 is 52.3 Å². The maximum atomic E-state index is 12.7. The highest BCUT2D eigenvalue weighted by Gasteiger charge is 2.38. The Kier molecular flexibility index (Phi) is 14.1. The highest BCUT2D eigenvalue weighted by Crippen LogP contribution is 2.32. The number of carbonyl (C=O) groups excluding carboxylic acids is 4. The molecule has 0 aromatic heterocycles. The molecule has 0 radical (unpaired) electrons. The zero-order chi connectivity index (χ0) is 29.6. The van der Waals surface area contributed by atoms with Crippen molar-refractivity contribution in [1.29, 1.82) is 0 Å². The summed E-state index contributed by atoms with van der Waals surface area (Å²) in [4.78, 5) is 48.9. The average Bonchev–Trinajstić information content (AvgIpc) is 2.81. The molecule has 1 rings (SSSR count). The van der Waals surface area contributed by atoms with Gasteiger partial charge in [-0.05, 0) is 58.7 Å². The van der Waals surface area contributed by atoms with Crippen molar-refractivity contribution in [2.45, 2.75) is 97.5 Å². The van der Waals surface area contributed by atoms with Crippen molar-refractivity contribution >= 4 is 24.4 Å². The summed E-state index contributed by atoms with van der Waals surface area (Å²) in [6, 6.07) is 4.26. The SMILES string of the molecule is CCCCCOC(=O)O[C@@H](C)CC(N)(Cc1ccc(OC(=O)OC(C)C)c(OC(=O)OC(C)C)c1)C(=O)OC. The van der Waals surface area contributed by atoms with E-state index in [4.69, 9.17) is 38.9 Å². The van der Waals surface area contributed by atoms with Crippen LogP contribution in [0, 0.1) is 0 Å². The van der Waals surface area contributed by atoms with E-state index in [0.717, 1.165) is 12.8 Å². The number of carbonyl (C=O) groups is 4. The van der Waals surface area contributed by atoms with Crippen LogP contribution in [0.2, 0.25) is 0 Å². The van der Waals surface area contributed by atoms with E-state index in [1.54, 1.807) is 34.6 Å². The molecule has 0 spiro atoms. The summed E-state index contributed by atoms with van der Waals surface area (Å²) in [6.45, 7) is 10.4. The molecule has 39 heavy (non-hydrogen) atoms. The van der Waals surface area contributed by atoms with Crippen LogP contribution in [0.25, 0.3) is 0 Å². The van der Waals surface area contributed by atoms with Crippen LogP contribution in [0.15, 0.2) is 18.2 Å². The van der Waals surface area contributed by atoms with Gasteiger partial charge in [-0.25, -0.2) is 14.4 Å². The van der Waals surface area contributed by atoms with Gasteiger partial charge in [0.1, 0.15) is 11.6 Å². The second kappa shape index (κ2) is 16.4. The number of esters is 1. The third kappa shape index (κ3) is 12.7. The second-order valence-electron chi connectivity index (χ2n) is 9.58. The molecule has 1 aromatic rings. The smallest absolute Gasteiger partial charge is 0.468 e. The first-order valence-electron chi connectivity index (χ1n) is 12.9. The van der Waals surface area contributed by atoms with Gasteiger partial charge < -0.3 is 38.9 Å². The van der Waals surface area contributed by atoms with Crippen LogP contribution in [0.1, 0.15) is 72.8 Å². The van der Waals surface area contributed by atoms with Crippen molar-refractivity contribution in [3.8, 4) is 11.5 Å². The predicted molar refractivity (Wildman–Crippen MR) is 140 cm³/mol. The van der Waals surface area contributed by atoms with Gasteiger partial charge in [0.05, 0.1) is 25.9 Å². The molecule has 0 heterocycles. The molecule has 2 atom stereocenters. The van der Waals surface area contributed by atoms with Gasteiger partial charge in [-0.1, -0.05) is 25.8 Å². The molecule has 0 bridgehead atoms. The number of methoxy groups -OCH3 is 1. The first kappa shape index (κ1) is 33.5. The third-order valence-electron chi connectivity index (χ3n) is 5.09. The van der Waals surface area contributed by atoms with Gasteiger partial charge in [-0.2, -0.15) is 0 Å². The number of unbranched alkanes of at least 4 members (excludes halogenated alkanes) is 2. The van der Waals surface area contributed by atoms with E-state index in [0.29, 0.717) is 12.0 Å². The van der Waals surface area contributed by atoms with E-state index >= 15 is 0 Å².